The number of benzene rings is 2. The maximum atomic E-state index is 3.53. The minimum Gasteiger partial charge on any atom is -0.355 e. The van der Waals surface area contributed by atoms with Crippen molar-refractivity contribution in [2.75, 3.05) is 5.32 Å². The summed E-state index contributed by atoms with van der Waals surface area (Å²) in [6.45, 7) is 4.34. The molecule has 0 aliphatic rings. The third-order valence-electron chi connectivity index (χ3n) is 2.95. The van der Waals surface area contributed by atoms with Crippen molar-refractivity contribution in [1.82, 2.24) is 0 Å². The monoisotopic (exact) mass is 225 g/mol. The Balaban J connectivity index is 2.27. The molecule has 2 aromatic rings. The fraction of sp³-hybridized carbons (Fsp3) is 0.250. The molecule has 1 N–H and O–H groups in total. The van der Waals surface area contributed by atoms with Crippen molar-refractivity contribution in [1.29, 1.82) is 0 Å². The van der Waals surface area contributed by atoms with Gasteiger partial charge in [0.25, 0.3) is 0 Å². The maximum absolute atomic E-state index is 3.53. The molecule has 17 heavy (non-hydrogen) atoms. The zero-order valence-corrected chi connectivity index (χ0v) is 10.5. The number of hydrogen-bond acceptors (Lipinski definition) is 1. The number of nitrogens with one attached hydrogen (secondary N) is 1. The van der Waals surface area contributed by atoms with Crippen LogP contribution in [-0.4, -0.2) is 0 Å². The van der Waals surface area contributed by atoms with E-state index in [1.807, 2.05) is 0 Å². The van der Waals surface area contributed by atoms with Gasteiger partial charge in [0, 0.05) is 11.4 Å². The van der Waals surface area contributed by atoms with Gasteiger partial charge in [-0.1, -0.05) is 49.7 Å². The number of rotatable bonds is 4. The molecule has 0 radical (unpaired) electrons. The summed E-state index contributed by atoms with van der Waals surface area (Å²) >= 11 is 0. The number of hydrogen-bond donors (Lipinski definition) is 1. The van der Waals surface area contributed by atoms with Gasteiger partial charge in [0.05, 0.1) is 0 Å². The Labute approximate surface area is 103 Å². The topological polar surface area (TPSA) is 12.0 Å². The molecular formula is C16H19N. The van der Waals surface area contributed by atoms with Crippen molar-refractivity contribution in [2.45, 2.75) is 26.7 Å². The van der Waals surface area contributed by atoms with E-state index in [1.54, 1.807) is 0 Å². The first-order valence-electron chi connectivity index (χ1n) is 6.22. The molecule has 0 aliphatic heterocycles. The van der Waals surface area contributed by atoms with E-state index >= 15 is 0 Å². The highest BCUT2D eigenvalue weighted by molar-refractivity contribution is 5.65. The molecule has 88 valence electrons. The molecule has 0 saturated carbocycles. The van der Waals surface area contributed by atoms with Gasteiger partial charge in [-0.05, 0) is 36.6 Å². The smallest absolute Gasteiger partial charge is 0.0416 e. The van der Waals surface area contributed by atoms with Crippen LogP contribution in [0.2, 0.25) is 0 Å². The van der Waals surface area contributed by atoms with Gasteiger partial charge in [0.1, 0.15) is 0 Å². The van der Waals surface area contributed by atoms with Gasteiger partial charge in [-0.25, -0.2) is 0 Å². The largest absolute Gasteiger partial charge is 0.355 e. The highest BCUT2D eigenvalue weighted by atomic mass is 14.9. The molecule has 0 spiro atoms. The van der Waals surface area contributed by atoms with Crippen molar-refractivity contribution >= 4 is 11.4 Å². The number of anilines is 2. The van der Waals surface area contributed by atoms with Gasteiger partial charge in [-0.15, -0.1) is 0 Å². The van der Waals surface area contributed by atoms with Crippen LogP contribution < -0.4 is 5.32 Å². The second kappa shape index (κ2) is 5.53. The third-order valence-corrected chi connectivity index (χ3v) is 2.95. The van der Waals surface area contributed by atoms with E-state index in [0.29, 0.717) is 0 Å². The summed E-state index contributed by atoms with van der Waals surface area (Å²) < 4.78 is 0. The summed E-state index contributed by atoms with van der Waals surface area (Å²) in [6.07, 6.45) is 2.29. The minimum absolute atomic E-state index is 1.12. The first-order chi connectivity index (χ1) is 8.31. The summed E-state index contributed by atoms with van der Waals surface area (Å²) in [6, 6.07) is 16.9. The standard InChI is InChI=1S/C16H19N/c1-3-8-14-10-5-7-12-16(14)17-15-11-6-4-9-13(15)2/h4-7,9-12,17H,3,8H2,1-2H3. The Morgan fingerprint density at radius 2 is 1.53 bits per heavy atom. The average molecular weight is 225 g/mol. The first kappa shape index (κ1) is 11.7. The van der Waals surface area contributed by atoms with Crippen LogP contribution in [0, 0.1) is 6.92 Å². The molecule has 0 bridgehead atoms. The van der Waals surface area contributed by atoms with Crippen molar-refractivity contribution < 1.29 is 0 Å². The Hall–Kier alpha value is -1.76. The summed E-state index contributed by atoms with van der Waals surface area (Å²) in [7, 11) is 0. The predicted molar refractivity (Wildman–Crippen MR) is 74.9 cm³/mol. The van der Waals surface area contributed by atoms with Crippen LogP contribution in [0.5, 0.6) is 0 Å². The van der Waals surface area contributed by atoms with Crippen LogP contribution in [0.4, 0.5) is 11.4 Å². The van der Waals surface area contributed by atoms with E-state index in [-0.39, 0.29) is 0 Å². The normalized spacial score (nSPS) is 10.2. The summed E-state index contributed by atoms with van der Waals surface area (Å²) in [5.41, 5.74) is 5.08. The van der Waals surface area contributed by atoms with Crippen LogP contribution in [0.25, 0.3) is 0 Å². The lowest BCUT2D eigenvalue weighted by atomic mass is 10.1. The van der Waals surface area contributed by atoms with Crippen LogP contribution in [0.15, 0.2) is 48.5 Å². The van der Waals surface area contributed by atoms with Crippen molar-refractivity contribution in [3.05, 3.63) is 59.7 Å². The Bertz CT molecular complexity index is 488. The van der Waals surface area contributed by atoms with Gasteiger partial charge in [0.2, 0.25) is 0 Å². The Morgan fingerprint density at radius 3 is 2.24 bits per heavy atom. The number of para-hydroxylation sites is 2. The first-order valence-corrected chi connectivity index (χ1v) is 6.22. The van der Waals surface area contributed by atoms with Gasteiger partial charge in [-0.2, -0.15) is 0 Å². The molecule has 0 aliphatic carbocycles. The van der Waals surface area contributed by atoms with E-state index in [4.69, 9.17) is 0 Å². The molecule has 0 amide bonds. The highest BCUT2D eigenvalue weighted by Gasteiger charge is 2.02. The molecule has 0 saturated heterocycles. The maximum Gasteiger partial charge on any atom is 0.0416 e. The SMILES string of the molecule is CCCc1ccccc1Nc1ccccc1C. The van der Waals surface area contributed by atoms with Crippen LogP contribution in [-0.2, 0) is 6.42 Å². The molecule has 1 heteroatoms. The van der Waals surface area contributed by atoms with E-state index in [0.717, 1.165) is 6.42 Å². The Kier molecular flexibility index (Phi) is 3.81. The second-order valence-electron chi connectivity index (χ2n) is 4.35. The lowest BCUT2D eigenvalue weighted by molar-refractivity contribution is 0.923. The lowest BCUT2D eigenvalue weighted by Gasteiger charge is -2.13. The molecule has 0 aromatic heterocycles. The summed E-state index contributed by atoms with van der Waals surface area (Å²) in [5.74, 6) is 0. The molecule has 1 nitrogen and oxygen atoms in total. The quantitative estimate of drug-likeness (QED) is 0.795. The fourth-order valence-electron chi connectivity index (χ4n) is 1.99. The Morgan fingerprint density at radius 1 is 0.882 bits per heavy atom. The average Bonchev–Trinajstić information content (AvgIpc) is 2.35. The molecule has 0 fully saturated rings. The molecule has 0 heterocycles. The van der Waals surface area contributed by atoms with Crippen molar-refractivity contribution in [2.24, 2.45) is 0 Å². The van der Waals surface area contributed by atoms with E-state index < -0.39 is 0 Å². The summed E-state index contributed by atoms with van der Waals surface area (Å²) in [4.78, 5) is 0. The molecular weight excluding hydrogens is 206 g/mol. The van der Waals surface area contributed by atoms with Crippen LogP contribution >= 0.6 is 0 Å². The molecule has 0 atom stereocenters. The van der Waals surface area contributed by atoms with Crippen molar-refractivity contribution in [3.63, 3.8) is 0 Å². The van der Waals surface area contributed by atoms with Gasteiger partial charge < -0.3 is 5.32 Å². The predicted octanol–water partition coefficient (Wildman–Crippen LogP) is 4.69. The van der Waals surface area contributed by atoms with Gasteiger partial charge >= 0.3 is 0 Å². The molecule has 0 unspecified atom stereocenters. The second-order valence-corrected chi connectivity index (χ2v) is 4.35. The molecule has 2 rings (SSSR count). The zero-order chi connectivity index (χ0) is 12.1. The zero-order valence-electron chi connectivity index (χ0n) is 10.5. The minimum atomic E-state index is 1.12. The number of aryl methyl sites for hydroxylation is 2. The van der Waals surface area contributed by atoms with Crippen LogP contribution in [0.3, 0.4) is 0 Å². The van der Waals surface area contributed by atoms with E-state index in [2.05, 4.69) is 67.7 Å². The van der Waals surface area contributed by atoms with E-state index in [9.17, 15) is 0 Å². The lowest BCUT2D eigenvalue weighted by Crippen LogP contribution is -1.97. The summed E-state index contributed by atoms with van der Waals surface area (Å²) in [5, 5.41) is 3.53. The van der Waals surface area contributed by atoms with Gasteiger partial charge in [0.15, 0.2) is 0 Å². The molecule has 2 aromatic carbocycles. The highest BCUT2D eigenvalue weighted by Crippen LogP contribution is 2.23. The van der Waals surface area contributed by atoms with E-state index in [1.165, 1.54) is 28.9 Å². The van der Waals surface area contributed by atoms with Crippen LogP contribution in [0.1, 0.15) is 24.5 Å². The van der Waals surface area contributed by atoms with Crippen molar-refractivity contribution in [3.8, 4) is 0 Å². The fourth-order valence-corrected chi connectivity index (χ4v) is 1.99. The third kappa shape index (κ3) is 2.88. The van der Waals surface area contributed by atoms with Gasteiger partial charge in [-0.3, -0.25) is 0 Å².